The second-order valence-corrected chi connectivity index (χ2v) is 4.60. The molecule has 0 bridgehead atoms. The van der Waals surface area contributed by atoms with E-state index in [2.05, 4.69) is 10.3 Å². The molecular formula is C12H16N2O3. The standard InChI is InChI=1S/C12H16N2O3/c1-12(6-3-7-17-8-12)14-11(16)9-4-2-5-10(15)13-9/h2,4-5H,3,6-8H2,1H3,(H,13,15)(H,14,16). The predicted molar refractivity (Wildman–Crippen MR) is 63.0 cm³/mol. The summed E-state index contributed by atoms with van der Waals surface area (Å²) in [6.07, 6.45) is 1.82. The zero-order valence-corrected chi connectivity index (χ0v) is 9.79. The Kier molecular flexibility index (Phi) is 3.28. The van der Waals surface area contributed by atoms with Gasteiger partial charge in [-0.05, 0) is 25.8 Å². The van der Waals surface area contributed by atoms with Gasteiger partial charge in [-0.15, -0.1) is 0 Å². The Bertz CT molecular complexity index is 461. The monoisotopic (exact) mass is 236 g/mol. The first kappa shape index (κ1) is 11.9. The van der Waals surface area contributed by atoms with Gasteiger partial charge in [-0.25, -0.2) is 0 Å². The van der Waals surface area contributed by atoms with E-state index in [1.807, 2.05) is 6.92 Å². The highest BCUT2D eigenvalue weighted by atomic mass is 16.5. The summed E-state index contributed by atoms with van der Waals surface area (Å²) < 4.78 is 5.36. The van der Waals surface area contributed by atoms with Crippen molar-refractivity contribution in [3.05, 3.63) is 34.2 Å². The molecule has 92 valence electrons. The Labute approximate surface area is 99.2 Å². The van der Waals surface area contributed by atoms with E-state index in [0.717, 1.165) is 19.4 Å². The lowest BCUT2D eigenvalue weighted by atomic mass is 9.95. The molecule has 1 amide bonds. The normalized spacial score (nSPS) is 24.3. The minimum absolute atomic E-state index is 0.268. The van der Waals surface area contributed by atoms with Crippen LogP contribution < -0.4 is 10.9 Å². The smallest absolute Gasteiger partial charge is 0.268 e. The van der Waals surface area contributed by atoms with Crippen LogP contribution in [0.5, 0.6) is 0 Å². The lowest BCUT2D eigenvalue weighted by molar-refractivity contribution is 0.0271. The molecule has 5 heteroatoms. The maximum absolute atomic E-state index is 11.9. The Balaban J connectivity index is 2.08. The van der Waals surface area contributed by atoms with Crippen LogP contribution in [0, 0.1) is 0 Å². The highest BCUT2D eigenvalue weighted by molar-refractivity contribution is 5.92. The third-order valence-electron chi connectivity index (χ3n) is 2.87. The van der Waals surface area contributed by atoms with Crippen LogP contribution in [-0.2, 0) is 4.74 Å². The number of carbonyl (C=O) groups excluding carboxylic acids is 1. The summed E-state index contributed by atoms with van der Waals surface area (Å²) in [4.78, 5) is 25.5. The fraction of sp³-hybridized carbons (Fsp3) is 0.500. The van der Waals surface area contributed by atoms with Gasteiger partial charge in [0.1, 0.15) is 5.69 Å². The number of ether oxygens (including phenoxy) is 1. The van der Waals surface area contributed by atoms with Crippen LogP contribution in [0.2, 0.25) is 0 Å². The van der Waals surface area contributed by atoms with Gasteiger partial charge < -0.3 is 15.0 Å². The summed E-state index contributed by atoms with van der Waals surface area (Å²) in [6.45, 7) is 3.20. The van der Waals surface area contributed by atoms with E-state index in [0.29, 0.717) is 6.61 Å². The van der Waals surface area contributed by atoms with Crippen LogP contribution in [0.4, 0.5) is 0 Å². The average Bonchev–Trinajstić information content (AvgIpc) is 2.29. The first-order valence-electron chi connectivity index (χ1n) is 5.69. The van der Waals surface area contributed by atoms with Crippen molar-refractivity contribution in [3.8, 4) is 0 Å². The number of hydrogen-bond acceptors (Lipinski definition) is 3. The van der Waals surface area contributed by atoms with E-state index < -0.39 is 0 Å². The van der Waals surface area contributed by atoms with E-state index in [1.165, 1.54) is 6.07 Å². The van der Waals surface area contributed by atoms with Crippen LogP contribution >= 0.6 is 0 Å². The SMILES string of the molecule is CC1(NC(=O)c2cccc(=O)[nH]2)CCCOC1. The second kappa shape index (κ2) is 4.71. The maximum atomic E-state index is 11.9. The fourth-order valence-electron chi connectivity index (χ4n) is 1.95. The number of hydrogen-bond donors (Lipinski definition) is 2. The number of aromatic amines is 1. The largest absolute Gasteiger partial charge is 0.379 e. The highest BCUT2D eigenvalue weighted by Gasteiger charge is 2.29. The molecular weight excluding hydrogens is 220 g/mol. The van der Waals surface area contributed by atoms with Crippen molar-refractivity contribution in [3.63, 3.8) is 0 Å². The van der Waals surface area contributed by atoms with Crippen LogP contribution in [0.3, 0.4) is 0 Å². The first-order chi connectivity index (χ1) is 8.09. The average molecular weight is 236 g/mol. The van der Waals surface area contributed by atoms with Crippen molar-refractivity contribution in [1.29, 1.82) is 0 Å². The van der Waals surface area contributed by atoms with Crippen molar-refractivity contribution < 1.29 is 9.53 Å². The Hall–Kier alpha value is -1.62. The fourth-order valence-corrected chi connectivity index (χ4v) is 1.95. The van der Waals surface area contributed by atoms with Gasteiger partial charge in [-0.1, -0.05) is 6.07 Å². The third-order valence-corrected chi connectivity index (χ3v) is 2.87. The maximum Gasteiger partial charge on any atom is 0.268 e. The zero-order chi connectivity index (χ0) is 12.3. The molecule has 5 nitrogen and oxygen atoms in total. The molecule has 1 unspecified atom stereocenters. The van der Waals surface area contributed by atoms with E-state index in [1.54, 1.807) is 12.1 Å². The van der Waals surface area contributed by atoms with Crippen LogP contribution in [0.25, 0.3) is 0 Å². The Morgan fingerprint density at radius 3 is 3.00 bits per heavy atom. The number of H-pyrrole nitrogens is 1. The minimum Gasteiger partial charge on any atom is -0.379 e. The van der Waals surface area contributed by atoms with Gasteiger partial charge in [0.25, 0.3) is 5.91 Å². The van der Waals surface area contributed by atoms with E-state index in [4.69, 9.17) is 4.74 Å². The number of nitrogens with one attached hydrogen (secondary N) is 2. The van der Waals surface area contributed by atoms with Gasteiger partial charge in [0, 0.05) is 12.7 Å². The molecule has 1 atom stereocenters. The Morgan fingerprint density at radius 2 is 2.35 bits per heavy atom. The molecule has 2 rings (SSSR count). The third kappa shape index (κ3) is 2.94. The molecule has 1 fully saturated rings. The molecule has 0 aliphatic carbocycles. The van der Waals surface area contributed by atoms with Crippen molar-refractivity contribution in [2.75, 3.05) is 13.2 Å². The summed E-state index contributed by atoms with van der Waals surface area (Å²) in [5.74, 6) is -0.268. The number of amides is 1. The van der Waals surface area contributed by atoms with Gasteiger partial charge >= 0.3 is 0 Å². The van der Waals surface area contributed by atoms with Crippen LogP contribution in [0.1, 0.15) is 30.3 Å². The molecule has 1 saturated heterocycles. The van der Waals surface area contributed by atoms with Gasteiger partial charge in [0.2, 0.25) is 5.56 Å². The molecule has 1 aliphatic heterocycles. The molecule has 1 aromatic heterocycles. The quantitative estimate of drug-likeness (QED) is 0.793. The van der Waals surface area contributed by atoms with Gasteiger partial charge in [0.05, 0.1) is 12.1 Å². The number of rotatable bonds is 2. The van der Waals surface area contributed by atoms with Gasteiger partial charge in [-0.2, -0.15) is 0 Å². The van der Waals surface area contributed by atoms with E-state index in [-0.39, 0.29) is 22.7 Å². The summed E-state index contributed by atoms with van der Waals surface area (Å²) in [7, 11) is 0. The summed E-state index contributed by atoms with van der Waals surface area (Å²) in [6, 6.07) is 4.53. The van der Waals surface area contributed by atoms with Crippen molar-refractivity contribution >= 4 is 5.91 Å². The van der Waals surface area contributed by atoms with Crippen molar-refractivity contribution in [1.82, 2.24) is 10.3 Å². The lowest BCUT2D eigenvalue weighted by Crippen LogP contribution is -2.51. The number of aromatic nitrogens is 1. The molecule has 2 N–H and O–H groups in total. The lowest BCUT2D eigenvalue weighted by Gasteiger charge is -2.34. The van der Waals surface area contributed by atoms with Gasteiger partial charge in [-0.3, -0.25) is 9.59 Å². The van der Waals surface area contributed by atoms with Crippen molar-refractivity contribution in [2.24, 2.45) is 0 Å². The number of carbonyl (C=O) groups is 1. The predicted octanol–water partition coefficient (Wildman–Crippen LogP) is 0.674. The molecule has 0 spiro atoms. The molecule has 17 heavy (non-hydrogen) atoms. The van der Waals surface area contributed by atoms with Crippen LogP contribution in [-0.4, -0.2) is 29.6 Å². The molecule has 0 saturated carbocycles. The summed E-state index contributed by atoms with van der Waals surface area (Å²) >= 11 is 0. The minimum atomic E-state index is -0.345. The molecule has 0 radical (unpaired) electrons. The molecule has 2 heterocycles. The van der Waals surface area contributed by atoms with Crippen LogP contribution in [0.15, 0.2) is 23.0 Å². The second-order valence-electron chi connectivity index (χ2n) is 4.60. The summed E-state index contributed by atoms with van der Waals surface area (Å²) in [5.41, 5.74) is -0.339. The topological polar surface area (TPSA) is 71.2 Å². The van der Waals surface area contributed by atoms with E-state index >= 15 is 0 Å². The van der Waals surface area contributed by atoms with Gasteiger partial charge in [0.15, 0.2) is 0 Å². The van der Waals surface area contributed by atoms with E-state index in [9.17, 15) is 9.59 Å². The van der Waals surface area contributed by atoms with Crippen molar-refractivity contribution in [2.45, 2.75) is 25.3 Å². The molecule has 1 aromatic rings. The highest BCUT2D eigenvalue weighted by Crippen LogP contribution is 2.18. The summed E-state index contributed by atoms with van der Waals surface area (Å²) in [5, 5.41) is 2.90. The first-order valence-corrected chi connectivity index (χ1v) is 5.69. The Morgan fingerprint density at radius 1 is 1.53 bits per heavy atom. The zero-order valence-electron chi connectivity index (χ0n) is 9.79. The molecule has 0 aromatic carbocycles. The number of pyridine rings is 1. The molecule has 1 aliphatic rings.